The molecule has 0 saturated heterocycles. The molecule has 0 amide bonds. The van der Waals surface area contributed by atoms with Gasteiger partial charge >= 0.3 is 0 Å². The molecule has 4 nitrogen and oxygen atoms in total. The van der Waals surface area contributed by atoms with Gasteiger partial charge in [0.15, 0.2) is 5.69 Å². The van der Waals surface area contributed by atoms with Crippen molar-refractivity contribution in [2.75, 3.05) is 0 Å². The summed E-state index contributed by atoms with van der Waals surface area (Å²) in [6, 6.07) is 56.7. The monoisotopic (exact) mass is 610 g/mol. The van der Waals surface area contributed by atoms with E-state index in [-0.39, 0.29) is 0 Å². The normalized spacial score (nSPS) is 11.3. The Hall–Kier alpha value is -6.88. The molecule has 0 spiro atoms. The molecule has 0 aliphatic carbocycles. The molecule has 48 heavy (non-hydrogen) atoms. The van der Waals surface area contributed by atoms with E-state index >= 15 is 0 Å². The van der Waals surface area contributed by atoms with Crippen LogP contribution >= 0.6 is 0 Å². The van der Waals surface area contributed by atoms with E-state index in [0.29, 0.717) is 11.3 Å². The zero-order chi connectivity index (χ0) is 32.2. The lowest BCUT2D eigenvalue weighted by Gasteiger charge is -2.19. The third kappa shape index (κ3) is 4.07. The number of para-hydroxylation sites is 3. The Labute approximate surface area is 277 Å². The lowest BCUT2D eigenvalue weighted by atomic mass is 9.90. The molecular formula is C44H26N4. The third-order valence-electron chi connectivity index (χ3n) is 9.38. The van der Waals surface area contributed by atoms with Crippen molar-refractivity contribution in [2.45, 2.75) is 0 Å². The number of rotatable bonds is 4. The molecule has 0 atom stereocenters. The van der Waals surface area contributed by atoms with Crippen molar-refractivity contribution in [3.8, 4) is 39.7 Å². The summed E-state index contributed by atoms with van der Waals surface area (Å²) in [5.74, 6) is 0. The smallest absolute Gasteiger partial charge is 0.188 e. The predicted octanol–water partition coefficient (Wildman–Crippen LogP) is 11.6. The van der Waals surface area contributed by atoms with Gasteiger partial charge in [0.05, 0.1) is 46.0 Å². The van der Waals surface area contributed by atoms with E-state index in [9.17, 15) is 5.26 Å². The highest BCUT2D eigenvalue weighted by molar-refractivity contribution is 6.11. The van der Waals surface area contributed by atoms with E-state index in [4.69, 9.17) is 6.57 Å². The Morgan fingerprint density at radius 3 is 1.77 bits per heavy atom. The van der Waals surface area contributed by atoms with Gasteiger partial charge in [-0.25, -0.2) is 4.85 Å². The van der Waals surface area contributed by atoms with Crippen LogP contribution in [-0.4, -0.2) is 9.13 Å². The summed E-state index contributed by atoms with van der Waals surface area (Å²) >= 11 is 0. The van der Waals surface area contributed by atoms with Gasteiger partial charge in [-0.05, 0) is 76.7 Å². The Kier molecular flexibility index (Phi) is 6.22. The second-order valence-electron chi connectivity index (χ2n) is 11.9. The van der Waals surface area contributed by atoms with E-state index in [1.807, 2.05) is 48.5 Å². The molecule has 222 valence electrons. The second-order valence-corrected chi connectivity index (χ2v) is 11.9. The van der Waals surface area contributed by atoms with Crippen molar-refractivity contribution in [3.63, 3.8) is 0 Å². The number of hydrogen-bond donors (Lipinski definition) is 0. The van der Waals surface area contributed by atoms with Crippen molar-refractivity contribution >= 4 is 49.3 Å². The minimum atomic E-state index is 0.599. The van der Waals surface area contributed by atoms with Gasteiger partial charge in [0.25, 0.3) is 0 Å². The van der Waals surface area contributed by atoms with Crippen LogP contribution in [0.3, 0.4) is 0 Å². The number of aromatic nitrogens is 2. The van der Waals surface area contributed by atoms with Crippen LogP contribution in [0.15, 0.2) is 158 Å². The average molecular weight is 611 g/mol. The fourth-order valence-corrected chi connectivity index (χ4v) is 7.36. The maximum absolute atomic E-state index is 10.5. The van der Waals surface area contributed by atoms with E-state index < -0.39 is 0 Å². The van der Waals surface area contributed by atoms with Crippen LogP contribution in [0, 0.1) is 17.9 Å². The van der Waals surface area contributed by atoms with E-state index in [1.165, 1.54) is 10.8 Å². The van der Waals surface area contributed by atoms with E-state index in [2.05, 4.69) is 129 Å². The molecule has 7 aromatic carbocycles. The lowest BCUT2D eigenvalue weighted by Crippen LogP contribution is -2.00. The van der Waals surface area contributed by atoms with Gasteiger partial charge in [-0.2, -0.15) is 5.26 Å². The topological polar surface area (TPSA) is 38.0 Å². The highest BCUT2D eigenvalue weighted by atomic mass is 15.0. The maximum Gasteiger partial charge on any atom is 0.188 e. The summed E-state index contributed by atoms with van der Waals surface area (Å²) in [5, 5.41) is 15.1. The van der Waals surface area contributed by atoms with Crippen LogP contribution in [0.5, 0.6) is 0 Å². The second kappa shape index (κ2) is 10.9. The van der Waals surface area contributed by atoms with Crippen molar-refractivity contribution in [2.24, 2.45) is 0 Å². The van der Waals surface area contributed by atoms with Crippen molar-refractivity contribution in [3.05, 3.63) is 175 Å². The van der Waals surface area contributed by atoms with Crippen LogP contribution in [0.1, 0.15) is 5.56 Å². The quantitative estimate of drug-likeness (QED) is 0.183. The van der Waals surface area contributed by atoms with Crippen LogP contribution in [0.4, 0.5) is 5.69 Å². The van der Waals surface area contributed by atoms with Crippen LogP contribution in [0.25, 0.3) is 82.1 Å². The van der Waals surface area contributed by atoms with Gasteiger partial charge in [0.1, 0.15) is 0 Å². The predicted molar refractivity (Wildman–Crippen MR) is 197 cm³/mol. The fraction of sp³-hybridized carbons (Fsp3) is 0. The van der Waals surface area contributed by atoms with Crippen LogP contribution in [-0.2, 0) is 0 Å². The first-order valence-electron chi connectivity index (χ1n) is 15.9. The van der Waals surface area contributed by atoms with Gasteiger partial charge in [0, 0.05) is 27.4 Å². The highest BCUT2D eigenvalue weighted by Crippen LogP contribution is 2.42. The van der Waals surface area contributed by atoms with Gasteiger partial charge in [-0.15, -0.1) is 0 Å². The average Bonchev–Trinajstić information content (AvgIpc) is 3.67. The minimum Gasteiger partial charge on any atom is -0.309 e. The first kappa shape index (κ1) is 27.4. The first-order valence-corrected chi connectivity index (χ1v) is 15.9. The number of nitrogens with zero attached hydrogens (tertiary/aromatic N) is 4. The molecule has 0 radical (unpaired) electrons. The maximum atomic E-state index is 10.5. The molecule has 2 aromatic heterocycles. The van der Waals surface area contributed by atoms with E-state index in [0.717, 1.165) is 66.5 Å². The number of benzene rings is 7. The standard InChI is InChI=1S/C44H26N4/c1-46-31-24-25-42-38(27-31)36-18-6-9-22-41(36)48(42)43-23-11-13-30(28-45)44(43)37-19-3-2-15-33(37)29-12-10-14-32(26-29)47-39-20-7-4-16-34(39)35-17-5-8-21-40(35)47/h2-27H. The summed E-state index contributed by atoms with van der Waals surface area (Å²) in [6.07, 6.45) is 0. The summed E-state index contributed by atoms with van der Waals surface area (Å²) in [6.45, 7) is 7.62. The summed E-state index contributed by atoms with van der Waals surface area (Å²) in [4.78, 5) is 3.70. The zero-order valence-electron chi connectivity index (χ0n) is 25.8. The molecule has 9 rings (SSSR count). The number of hydrogen-bond acceptors (Lipinski definition) is 1. The minimum absolute atomic E-state index is 0.599. The fourth-order valence-electron chi connectivity index (χ4n) is 7.36. The molecule has 0 N–H and O–H groups in total. The number of fused-ring (bicyclic) bond motifs is 6. The molecule has 0 aliphatic heterocycles. The van der Waals surface area contributed by atoms with Crippen LogP contribution < -0.4 is 0 Å². The van der Waals surface area contributed by atoms with Crippen LogP contribution in [0.2, 0.25) is 0 Å². The highest BCUT2D eigenvalue weighted by Gasteiger charge is 2.21. The van der Waals surface area contributed by atoms with Gasteiger partial charge in [-0.3, -0.25) is 0 Å². The van der Waals surface area contributed by atoms with Gasteiger partial charge in [-0.1, -0.05) is 103 Å². The van der Waals surface area contributed by atoms with Crippen molar-refractivity contribution in [1.82, 2.24) is 9.13 Å². The van der Waals surface area contributed by atoms with Crippen molar-refractivity contribution in [1.29, 1.82) is 5.26 Å². The molecule has 2 heterocycles. The Morgan fingerprint density at radius 2 is 1.08 bits per heavy atom. The summed E-state index contributed by atoms with van der Waals surface area (Å²) in [7, 11) is 0. The summed E-state index contributed by atoms with van der Waals surface area (Å²) in [5.41, 5.74) is 11.5. The molecule has 0 saturated carbocycles. The molecule has 0 unspecified atom stereocenters. The SMILES string of the molecule is [C-]#[N+]c1ccc2c(c1)c1ccccc1n2-c1cccc(C#N)c1-c1ccccc1-c1cccc(-n2c3ccccc3c3ccccc32)c1. The van der Waals surface area contributed by atoms with Crippen molar-refractivity contribution < 1.29 is 0 Å². The Balaban J connectivity index is 1.30. The first-order chi connectivity index (χ1) is 23.7. The lowest BCUT2D eigenvalue weighted by molar-refractivity contribution is 1.18. The number of nitriles is 1. The van der Waals surface area contributed by atoms with Gasteiger partial charge < -0.3 is 9.13 Å². The molecular weight excluding hydrogens is 585 g/mol. The summed E-state index contributed by atoms with van der Waals surface area (Å²) < 4.78 is 4.57. The third-order valence-corrected chi connectivity index (χ3v) is 9.38. The molecule has 9 aromatic rings. The molecule has 4 heteroatoms. The largest absolute Gasteiger partial charge is 0.309 e. The molecule has 0 aliphatic rings. The molecule has 0 bridgehead atoms. The Morgan fingerprint density at radius 1 is 0.500 bits per heavy atom. The van der Waals surface area contributed by atoms with E-state index in [1.54, 1.807) is 0 Å². The van der Waals surface area contributed by atoms with Gasteiger partial charge in [0.2, 0.25) is 0 Å². The zero-order valence-corrected chi connectivity index (χ0v) is 25.8. The Bertz CT molecular complexity index is 2760. The molecule has 0 fully saturated rings.